The first kappa shape index (κ1) is 12.0. The zero-order valence-corrected chi connectivity index (χ0v) is 10.9. The van der Waals surface area contributed by atoms with Gasteiger partial charge in [0.2, 0.25) is 11.2 Å². The first-order valence-electron chi connectivity index (χ1n) is 6.60. The monoisotopic (exact) mass is 256 g/mol. The SMILES string of the molecule is COc1c(C2=CCCC=C2)oc2c(c1=O)=CCCC=2. The van der Waals surface area contributed by atoms with Crippen LogP contribution in [0.25, 0.3) is 17.7 Å². The van der Waals surface area contributed by atoms with Crippen LogP contribution in [0.15, 0.2) is 27.4 Å². The maximum Gasteiger partial charge on any atom is 0.234 e. The van der Waals surface area contributed by atoms with E-state index < -0.39 is 0 Å². The Hall–Kier alpha value is -2.03. The first-order valence-corrected chi connectivity index (χ1v) is 6.60. The summed E-state index contributed by atoms with van der Waals surface area (Å²) in [5, 5.41) is 0.632. The molecule has 3 rings (SSSR count). The fraction of sp³-hybridized carbons (Fsp3) is 0.312. The van der Waals surface area contributed by atoms with Crippen molar-refractivity contribution in [3.63, 3.8) is 0 Å². The predicted octanol–water partition coefficient (Wildman–Crippen LogP) is 1.74. The summed E-state index contributed by atoms with van der Waals surface area (Å²) in [5.41, 5.74) is 1.53. The molecule has 0 N–H and O–H groups in total. The van der Waals surface area contributed by atoms with E-state index in [0.717, 1.165) is 31.3 Å². The van der Waals surface area contributed by atoms with Gasteiger partial charge in [-0.2, -0.15) is 0 Å². The van der Waals surface area contributed by atoms with Crippen LogP contribution in [-0.4, -0.2) is 7.11 Å². The maximum absolute atomic E-state index is 12.4. The Balaban J connectivity index is 2.32. The predicted molar refractivity (Wildman–Crippen MR) is 75.3 cm³/mol. The van der Waals surface area contributed by atoms with Crippen molar-refractivity contribution in [1.82, 2.24) is 0 Å². The third-order valence-electron chi connectivity index (χ3n) is 3.44. The van der Waals surface area contributed by atoms with Crippen molar-refractivity contribution >= 4 is 17.7 Å². The lowest BCUT2D eigenvalue weighted by molar-refractivity contribution is 0.373. The van der Waals surface area contributed by atoms with Gasteiger partial charge in [-0.05, 0) is 31.8 Å². The average molecular weight is 256 g/mol. The number of hydrogen-bond acceptors (Lipinski definition) is 3. The highest BCUT2D eigenvalue weighted by molar-refractivity contribution is 5.74. The van der Waals surface area contributed by atoms with E-state index in [1.807, 2.05) is 18.2 Å². The first-order chi connectivity index (χ1) is 9.31. The molecule has 1 aromatic heterocycles. The summed E-state index contributed by atoms with van der Waals surface area (Å²) in [6, 6.07) is 0. The summed E-state index contributed by atoms with van der Waals surface area (Å²) >= 11 is 0. The van der Waals surface area contributed by atoms with Gasteiger partial charge < -0.3 is 9.15 Å². The third kappa shape index (κ3) is 2.05. The van der Waals surface area contributed by atoms with E-state index in [0.29, 0.717) is 22.1 Å². The Morgan fingerprint density at radius 1 is 1.11 bits per heavy atom. The molecule has 3 nitrogen and oxygen atoms in total. The van der Waals surface area contributed by atoms with Crippen LogP contribution in [0.3, 0.4) is 0 Å². The van der Waals surface area contributed by atoms with Crippen molar-refractivity contribution in [3.05, 3.63) is 44.8 Å². The molecule has 0 aliphatic heterocycles. The molecule has 0 unspecified atom stereocenters. The summed E-state index contributed by atoms with van der Waals surface area (Å²) in [7, 11) is 1.52. The zero-order chi connectivity index (χ0) is 13.2. The molecule has 1 heterocycles. The molecule has 0 spiro atoms. The van der Waals surface area contributed by atoms with Gasteiger partial charge in [-0.1, -0.05) is 24.3 Å². The summed E-state index contributed by atoms with van der Waals surface area (Å²) in [6.07, 6.45) is 13.9. The van der Waals surface area contributed by atoms with Crippen LogP contribution in [0, 0.1) is 0 Å². The zero-order valence-electron chi connectivity index (χ0n) is 10.9. The molecule has 2 aliphatic carbocycles. The van der Waals surface area contributed by atoms with Gasteiger partial charge in [0, 0.05) is 5.57 Å². The van der Waals surface area contributed by atoms with E-state index in [-0.39, 0.29) is 5.43 Å². The standard InChI is InChI=1S/C16H16O3/c1-18-16-14(17)12-9-5-6-10-13(12)19-15(16)11-7-3-2-4-8-11/h3,7-10H,2,4-6H2,1H3. The molecule has 98 valence electrons. The van der Waals surface area contributed by atoms with Crippen molar-refractivity contribution in [1.29, 1.82) is 0 Å². The Kier molecular flexibility index (Phi) is 3.11. The maximum atomic E-state index is 12.4. The molecule has 0 saturated carbocycles. The van der Waals surface area contributed by atoms with Gasteiger partial charge in [0.25, 0.3) is 0 Å². The average Bonchev–Trinajstić information content (AvgIpc) is 2.48. The van der Waals surface area contributed by atoms with E-state index in [9.17, 15) is 4.79 Å². The molecule has 19 heavy (non-hydrogen) atoms. The van der Waals surface area contributed by atoms with Crippen LogP contribution >= 0.6 is 0 Å². The molecule has 0 radical (unpaired) electrons. The fourth-order valence-electron chi connectivity index (χ4n) is 2.49. The van der Waals surface area contributed by atoms with Gasteiger partial charge in [-0.3, -0.25) is 4.79 Å². The van der Waals surface area contributed by atoms with Gasteiger partial charge in [0.15, 0.2) is 5.76 Å². The van der Waals surface area contributed by atoms with E-state index in [1.165, 1.54) is 7.11 Å². The minimum Gasteiger partial charge on any atom is -0.490 e. The number of rotatable bonds is 2. The van der Waals surface area contributed by atoms with Crippen molar-refractivity contribution in [3.8, 4) is 5.75 Å². The van der Waals surface area contributed by atoms with Crippen molar-refractivity contribution in [2.45, 2.75) is 25.7 Å². The van der Waals surface area contributed by atoms with Gasteiger partial charge in [0.1, 0.15) is 5.42 Å². The number of methoxy groups -OCH3 is 1. The lowest BCUT2D eigenvalue weighted by Crippen LogP contribution is -2.41. The van der Waals surface area contributed by atoms with Gasteiger partial charge in [0.05, 0.1) is 12.3 Å². The highest BCUT2D eigenvalue weighted by Crippen LogP contribution is 2.25. The van der Waals surface area contributed by atoms with Gasteiger partial charge in [-0.25, -0.2) is 0 Å². The van der Waals surface area contributed by atoms with Crippen LogP contribution in [0.1, 0.15) is 31.4 Å². The van der Waals surface area contributed by atoms with E-state index in [2.05, 4.69) is 12.2 Å². The largest absolute Gasteiger partial charge is 0.490 e. The highest BCUT2D eigenvalue weighted by Gasteiger charge is 2.17. The fourth-order valence-corrected chi connectivity index (χ4v) is 2.49. The summed E-state index contributed by atoms with van der Waals surface area (Å²) in [5.74, 6) is 0.858. The lowest BCUT2D eigenvalue weighted by atomic mass is 10.0. The third-order valence-corrected chi connectivity index (χ3v) is 3.44. The van der Waals surface area contributed by atoms with Crippen molar-refractivity contribution < 1.29 is 9.15 Å². The molecule has 0 amide bonds. The molecular weight excluding hydrogens is 240 g/mol. The van der Waals surface area contributed by atoms with Gasteiger partial charge >= 0.3 is 0 Å². The Bertz CT molecular complexity index is 732. The van der Waals surface area contributed by atoms with Crippen LogP contribution in [0.5, 0.6) is 5.75 Å². The molecule has 0 aromatic carbocycles. The second-order valence-electron chi connectivity index (χ2n) is 4.70. The molecule has 0 atom stereocenters. The molecular formula is C16H16O3. The van der Waals surface area contributed by atoms with E-state index >= 15 is 0 Å². The molecule has 0 bridgehead atoms. The Morgan fingerprint density at radius 3 is 2.63 bits per heavy atom. The molecule has 3 heteroatoms. The number of ether oxygens (including phenoxy) is 1. The second kappa shape index (κ2) is 4.92. The Labute approximate surface area is 111 Å². The highest BCUT2D eigenvalue weighted by atomic mass is 16.5. The minimum absolute atomic E-state index is 0.0745. The smallest absolute Gasteiger partial charge is 0.234 e. The molecule has 1 aromatic rings. The lowest BCUT2D eigenvalue weighted by Gasteiger charge is -2.11. The minimum atomic E-state index is -0.0745. The van der Waals surface area contributed by atoms with E-state index in [1.54, 1.807) is 0 Å². The second-order valence-corrected chi connectivity index (χ2v) is 4.70. The van der Waals surface area contributed by atoms with Crippen LogP contribution < -0.4 is 20.8 Å². The van der Waals surface area contributed by atoms with Crippen LogP contribution in [0.4, 0.5) is 0 Å². The normalized spacial score (nSPS) is 17.0. The summed E-state index contributed by atoms with van der Waals surface area (Å²) < 4.78 is 11.2. The van der Waals surface area contributed by atoms with Crippen molar-refractivity contribution in [2.24, 2.45) is 0 Å². The molecule has 2 aliphatic rings. The topological polar surface area (TPSA) is 39.4 Å². The number of hydrogen-bond donors (Lipinski definition) is 0. The Morgan fingerprint density at radius 2 is 1.89 bits per heavy atom. The number of allylic oxidation sites excluding steroid dienone is 4. The number of fused-ring (bicyclic) bond motifs is 1. The van der Waals surface area contributed by atoms with Crippen LogP contribution in [-0.2, 0) is 0 Å². The van der Waals surface area contributed by atoms with E-state index in [4.69, 9.17) is 9.15 Å². The summed E-state index contributed by atoms with van der Waals surface area (Å²) in [4.78, 5) is 12.4. The quantitative estimate of drug-likeness (QED) is 0.809. The van der Waals surface area contributed by atoms with Crippen LogP contribution in [0.2, 0.25) is 0 Å². The summed E-state index contributed by atoms with van der Waals surface area (Å²) in [6.45, 7) is 0. The van der Waals surface area contributed by atoms with Gasteiger partial charge in [-0.15, -0.1) is 0 Å². The molecule has 0 saturated heterocycles. The molecule has 0 fully saturated rings. The van der Waals surface area contributed by atoms with Crippen molar-refractivity contribution in [2.75, 3.05) is 7.11 Å².